The van der Waals surface area contributed by atoms with Crippen molar-refractivity contribution in [1.29, 1.82) is 0 Å². The molecular formula is C21H30F3N5O5S. The first kappa shape index (κ1) is 27.1. The number of carbonyl (C=O) groups is 1. The maximum Gasteiger partial charge on any atom is 0.490 e. The van der Waals surface area contributed by atoms with Gasteiger partial charge in [-0.2, -0.15) is 13.2 Å². The molecule has 1 aliphatic carbocycles. The maximum absolute atomic E-state index is 12.5. The molecule has 3 heterocycles. The third-order valence-corrected chi connectivity index (χ3v) is 8.53. The molecular weight excluding hydrogens is 491 g/mol. The fourth-order valence-corrected chi connectivity index (χ4v) is 5.80. The lowest BCUT2D eigenvalue weighted by Gasteiger charge is -2.31. The molecule has 0 atom stereocenters. The minimum atomic E-state index is -5.08. The predicted molar refractivity (Wildman–Crippen MR) is 123 cm³/mol. The lowest BCUT2D eigenvalue weighted by atomic mass is 9.94. The number of aryl methyl sites for hydroxylation is 1. The standard InChI is InChI=1S/C19H29N5O3S.C2HF3O2/c1-22(10-11-27-3)19-18-17(23(2)13-20-18)12-16(21-19)14-6-8-24(9-7-14)28(25,26)15-4-5-15;3-2(4,5)1(6)7/h12-15H,4-11H2,1-3H3;(H,6,7). The fraction of sp³-hybridized carbons (Fsp3) is 0.667. The second-order valence-electron chi connectivity index (χ2n) is 8.73. The average molecular weight is 522 g/mol. The van der Waals surface area contributed by atoms with Crippen molar-refractivity contribution in [3.63, 3.8) is 0 Å². The third-order valence-electron chi connectivity index (χ3n) is 6.13. The van der Waals surface area contributed by atoms with Crippen LogP contribution in [0.1, 0.15) is 37.3 Å². The fourth-order valence-electron chi connectivity index (χ4n) is 3.92. The van der Waals surface area contributed by atoms with Crippen LogP contribution in [-0.4, -0.2) is 90.2 Å². The van der Waals surface area contributed by atoms with Gasteiger partial charge in [0.25, 0.3) is 0 Å². The molecule has 196 valence electrons. The number of rotatable bonds is 7. The van der Waals surface area contributed by atoms with Crippen LogP contribution in [0, 0.1) is 0 Å². The van der Waals surface area contributed by atoms with E-state index in [1.807, 2.05) is 25.0 Å². The maximum atomic E-state index is 12.5. The number of pyridine rings is 1. The number of halogens is 3. The topological polar surface area (TPSA) is 118 Å². The second-order valence-corrected chi connectivity index (χ2v) is 10.9. The van der Waals surface area contributed by atoms with Crippen LogP contribution in [-0.2, 0) is 26.6 Å². The number of carboxylic acids is 1. The van der Waals surface area contributed by atoms with Gasteiger partial charge >= 0.3 is 12.1 Å². The van der Waals surface area contributed by atoms with Crippen LogP contribution in [0.4, 0.5) is 19.0 Å². The van der Waals surface area contributed by atoms with Gasteiger partial charge in [0.1, 0.15) is 5.52 Å². The molecule has 10 nitrogen and oxygen atoms in total. The number of alkyl halides is 3. The first-order valence-electron chi connectivity index (χ1n) is 11.2. The van der Waals surface area contributed by atoms with Gasteiger partial charge < -0.3 is 19.3 Å². The molecule has 14 heteroatoms. The number of ether oxygens (including phenoxy) is 1. The van der Waals surface area contributed by atoms with E-state index in [9.17, 15) is 21.6 Å². The summed E-state index contributed by atoms with van der Waals surface area (Å²) in [5.41, 5.74) is 2.97. The van der Waals surface area contributed by atoms with Gasteiger partial charge in [-0.1, -0.05) is 0 Å². The number of aliphatic carboxylic acids is 1. The van der Waals surface area contributed by atoms with Gasteiger partial charge in [0.2, 0.25) is 10.0 Å². The number of piperidine rings is 1. The smallest absolute Gasteiger partial charge is 0.475 e. The van der Waals surface area contributed by atoms with Crippen LogP contribution in [0.3, 0.4) is 0 Å². The molecule has 1 saturated carbocycles. The summed E-state index contributed by atoms with van der Waals surface area (Å²) in [6.45, 7) is 2.53. The molecule has 1 saturated heterocycles. The van der Waals surface area contributed by atoms with Crippen LogP contribution >= 0.6 is 0 Å². The van der Waals surface area contributed by atoms with E-state index in [1.165, 1.54) is 0 Å². The molecule has 2 aromatic rings. The van der Waals surface area contributed by atoms with Crippen molar-refractivity contribution < 1.29 is 36.2 Å². The molecule has 0 spiro atoms. The van der Waals surface area contributed by atoms with Crippen LogP contribution in [0.5, 0.6) is 0 Å². The van der Waals surface area contributed by atoms with E-state index in [-0.39, 0.29) is 11.2 Å². The summed E-state index contributed by atoms with van der Waals surface area (Å²) >= 11 is 0. The van der Waals surface area contributed by atoms with E-state index >= 15 is 0 Å². The van der Waals surface area contributed by atoms with Crippen molar-refractivity contribution in [1.82, 2.24) is 18.8 Å². The van der Waals surface area contributed by atoms with E-state index in [2.05, 4.69) is 16.0 Å². The number of carboxylic acid groups (broad SMARTS) is 1. The Labute approximate surface area is 201 Å². The summed E-state index contributed by atoms with van der Waals surface area (Å²) in [5.74, 6) is -1.63. The highest BCUT2D eigenvalue weighted by atomic mass is 32.2. The Balaban J connectivity index is 0.000000429. The molecule has 1 aliphatic heterocycles. The SMILES string of the molecule is COCCN(C)c1nc(C2CCN(S(=O)(=O)C3CC3)CC2)cc2c1ncn2C.O=C(O)C(F)(F)F. The van der Waals surface area contributed by atoms with Crippen molar-refractivity contribution >= 4 is 32.8 Å². The highest BCUT2D eigenvalue weighted by Crippen LogP contribution is 2.36. The molecule has 4 rings (SSSR count). The molecule has 2 fully saturated rings. The van der Waals surface area contributed by atoms with Crippen molar-refractivity contribution in [2.75, 3.05) is 45.3 Å². The van der Waals surface area contributed by atoms with Crippen molar-refractivity contribution in [2.24, 2.45) is 7.05 Å². The molecule has 0 bridgehead atoms. The number of fused-ring (bicyclic) bond motifs is 1. The number of hydrogen-bond donors (Lipinski definition) is 1. The van der Waals surface area contributed by atoms with E-state index in [0.29, 0.717) is 19.7 Å². The minimum absolute atomic E-state index is 0.131. The Kier molecular flexibility index (Phi) is 8.27. The largest absolute Gasteiger partial charge is 0.490 e. The normalized spacial score (nSPS) is 17.8. The molecule has 2 aliphatic rings. The third kappa shape index (κ3) is 6.41. The van der Waals surface area contributed by atoms with Gasteiger partial charge in [0.15, 0.2) is 5.82 Å². The van der Waals surface area contributed by atoms with Crippen molar-refractivity contribution in [3.8, 4) is 0 Å². The molecule has 0 aromatic carbocycles. The van der Waals surface area contributed by atoms with E-state index in [0.717, 1.165) is 54.8 Å². The number of methoxy groups -OCH3 is 1. The average Bonchev–Trinajstić information content (AvgIpc) is 3.61. The Morgan fingerprint density at radius 3 is 2.37 bits per heavy atom. The molecule has 0 amide bonds. The Bertz CT molecular complexity index is 1140. The van der Waals surface area contributed by atoms with Crippen LogP contribution in [0.25, 0.3) is 11.0 Å². The summed E-state index contributed by atoms with van der Waals surface area (Å²) in [5, 5.41) is 6.99. The van der Waals surface area contributed by atoms with E-state index in [4.69, 9.17) is 19.6 Å². The summed E-state index contributed by atoms with van der Waals surface area (Å²) in [4.78, 5) is 20.5. The molecule has 0 radical (unpaired) electrons. The predicted octanol–water partition coefficient (Wildman–Crippen LogP) is 2.36. The number of nitrogens with zero attached hydrogens (tertiary/aromatic N) is 5. The van der Waals surface area contributed by atoms with Gasteiger partial charge in [-0.05, 0) is 31.7 Å². The highest BCUT2D eigenvalue weighted by Gasteiger charge is 2.41. The number of sulfonamides is 1. The van der Waals surface area contributed by atoms with Crippen LogP contribution < -0.4 is 4.90 Å². The summed E-state index contributed by atoms with van der Waals surface area (Å²) < 4.78 is 65.6. The number of anilines is 1. The zero-order chi connectivity index (χ0) is 26.0. The van der Waals surface area contributed by atoms with Crippen LogP contribution in [0.15, 0.2) is 12.4 Å². The number of hydrogen-bond acceptors (Lipinski definition) is 7. The van der Waals surface area contributed by atoms with Gasteiger partial charge in [-0.15, -0.1) is 0 Å². The Hall–Kier alpha value is -2.45. The van der Waals surface area contributed by atoms with Gasteiger partial charge in [0, 0.05) is 52.5 Å². The monoisotopic (exact) mass is 521 g/mol. The molecule has 0 unspecified atom stereocenters. The first-order chi connectivity index (χ1) is 16.4. The quantitative estimate of drug-likeness (QED) is 0.590. The Morgan fingerprint density at radius 1 is 1.26 bits per heavy atom. The zero-order valence-corrected chi connectivity index (χ0v) is 20.6. The van der Waals surface area contributed by atoms with E-state index < -0.39 is 22.2 Å². The minimum Gasteiger partial charge on any atom is -0.475 e. The Morgan fingerprint density at radius 2 is 1.86 bits per heavy atom. The molecule has 1 N–H and O–H groups in total. The summed E-state index contributed by atoms with van der Waals surface area (Å²) in [6, 6.07) is 2.12. The van der Waals surface area contributed by atoms with Crippen molar-refractivity contribution in [3.05, 3.63) is 18.1 Å². The number of likely N-dealkylation sites (N-methyl/N-ethyl adjacent to an activating group) is 1. The van der Waals surface area contributed by atoms with Gasteiger partial charge in [0.05, 0.1) is 23.7 Å². The van der Waals surface area contributed by atoms with Crippen molar-refractivity contribution in [2.45, 2.75) is 43.0 Å². The van der Waals surface area contributed by atoms with E-state index in [1.54, 1.807) is 11.4 Å². The lowest BCUT2D eigenvalue weighted by Crippen LogP contribution is -2.39. The second kappa shape index (κ2) is 10.7. The van der Waals surface area contributed by atoms with Crippen LogP contribution in [0.2, 0.25) is 0 Å². The number of aromatic nitrogens is 3. The highest BCUT2D eigenvalue weighted by molar-refractivity contribution is 7.90. The summed E-state index contributed by atoms with van der Waals surface area (Å²) in [7, 11) is 2.60. The zero-order valence-electron chi connectivity index (χ0n) is 19.8. The molecule has 2 aromatic heterocycles. The molecule has 35 heavy (non-hydrogen) atoms. The lowest BCUT2D eigenvalue weighted by molar-refractivity contribution is -0.192. The van der Waals surface area contributed by atoms with Gasteiger partial charge in [-0.3, -0.25) is 0 Å². The first-order valence-corrected chi connectivity index (χ1v) is 12.7. The summed E-state index contributed by atoms with van der Waals surface area (Å²) in [6.07, 6.45) is -0.0159. The number of imidazole rings is 1. The van der Waals surface area contributed by atoms with Gasteiger partial charge in [-0.25, -0.2) is 27.5 Å².